The van der Waals surface area contributed by atoms with Crippen molar-refractivity contribution in [2.24, 2.45) is 0 Å². The van der Waals surface area contributed by atoms with Crippen LogP contribution < -0.4 is 5.32 Å². The van der Waals surface area contributed by atoms with Crippen molar-refractivity contribution in [3.8, 4) is 22.0 Å². The van der Waals surface area contributed by atoms with Crippen molar-refractivity contribution in [1.29, 1.82) is 0 Å². The molecular formula is C23H25N7O2S. The van der Waals surface area contributed by atoms with Crippen LogP contribution in [0.3, 0.4) is 0 Å². The molecule has 1 aromatic carbocycles. The van der Waals surface area contributed by atoms with E-state index in [4.69, 9.17) is 10.1 Å². The molecule has 1 aliphatic heterocycles. The second-order valence-electron chi connectivity index (χ2n) is 7.63. The minimum Gasteiger partial charge on any atom is -0.383 e. The van der Waals surface area contributed by atoms with E-state index in [9.17, 15) is 4.79 Å². The molecule has 170 valence electrons. The molecule has 1 amide bonds. The molecule has 1 atom stereocenters. The number of aliphatic hydroxyl groups is 1. The molecule has 1 fully saturated rings. The molecule has 0 spiro atoms. The van der Waals surface area contributed by atoms with Gasteiger partial charge in [-0.2, -0.15) is 5.10 Å². The van der Waals surface area contributed by atoms with Crippen molar-refractivity contribution in [3.05, 3.63) is 65.4 Å². The lowest BCUT2D eigenvalue weighted by Crippen LogP contribution is -2.24. The van der Waals surface area contributed by atoms with Gasteiger partial charge in [-0.15, -0.1) is 11.3 Å². The molecule has 0 saturated carbocycles. The Bertz CT molecular complexity index is 1200. The highest BCUT2D eigenvalue weighted by molar-refractivity contribution is 7.13. The third kappa shape index (κ3) is 5.79. The number of aromatic amines is 1. The van der Waals surface area contributed by atoms with Gasteiger partial charge in [-0.1, -0.05) is 30.3 Å². The van der Waals surface area contributed by atoms with Gasteiger partial charge in [0, 0.05) is 36.4 Å². The van der Waals surface area contributed by atoms with Gasteiger partial charge in [-0.25, -0.2) is 15.0 Å². The van der Waals surface area contributed by atoms with E-state index in [0.29, 0.717) is 25.5 Å². The van der Waals surface area contributed by atoms with Crippen LogP contribution in [0.5, 0.6) is 0 Å². The number of rotatable bonds is 5. The average Bonchev–Trinajstić information content (AvgIpc) is 3.57. The molecule has 4 aromatic rings. The largest absolute Gasteiger partial charge is 0.383 e. The lowest BCUT2D eigenvalue weighted by Gasteiger charge is -2.04. The van der Waals surface area contributed by atoms with E-state index in [1.165, 1.54) is 4.90 Å². The number of likely N-dealkylation sites (N-methyl/N-ethyl adjacent to an activating group) is 1. The maximum absolute atomic E-state index is 10.6. The molecule has 10 heteroatoms. The summed E-state index contributed by atoms with van der Waals surface area (Å²) in [5.74, 6) is 0.414. The van der Waals surface area contributed by atoms with Crippen LogP contribution in [0.2, 0.25) is 0 Å². The van der Waals surface area contributed by atoms with Gasteiger partial charge >= 0.3 is 0 Å². The number of nitrogens with zero attached hydrogens (tertiary/aromatic N) is 5. The molecular weight excluding hydrogens is 438 g/mol. The molecule has 1 unspecified atom stereocenters. The summed E-state index contributed by atoms with van der Waals surface area (Å²) in [4.78, 5) is 25.6. The van der Waals surface area contributed by atoms with Crippen LogP contribution in [0.1, 0.15) is 17.8 Å². The topological polar surface area (TPSA) is 120 Å². The Labute approximate surface area is 195 Å². The first-order valence-corrected chi connectivity index (χ1v) is 11.4. The van der Waals surface area contributed by atoms with E-state index in [1.54, 1.807) is 24.6 Å². The van der Waals surface area contributed by atoms with Crippen LogP contribution in [0, 0.1) is 6.92 Å². The molecule has 4 heterocycles. The Morgan fingerprint density at radius 1 is 1.21 bits per heavy atom. The zero-order chi connectivity index (χ0) is 23.2. The summed E-state index contributed by atoms with van der Waals surface area (Å²) in [5, 5.41) is 22.1. The molecule has 3 aromatic heterocycles. The number of hydrogen-bond donors (Lipinski definition) is 3. The number of aryl methyl sites for hydroxylation is 1. The third-order valence-electron chi connectivity index (χ3n) is 5.03. The fourth-order valence-electron chi connectivity index (χ4n) is 3.23. The summed E-state index contributed by atoms with van der Waals surface area (Å²) in [6, 6.07) is 14.0. The summed E-state index contributed by atoms with van der Waals surface area (Å²) in [6.07, 6.45) is 1.61. The number of H-pyrrole nitrogens is 1. The number of thiazole rings is 1. The van der Waals surface area contributed by atoms with Crippen molar-refractivity contribution in [1.82, 2.24) is 30.0 Å². The van der Waals surface area contributed by atoms with Crippen LogP contribution in [0.4, 0.5) is 5.95 Å². The molecule has 3 N–H and O–H groups in total. The number of likely N-dealkylation sites (tertiary alicyclic amines) is 1. The van der Waals surface area contributed by atoms with Gasteiger partial charge in [0.25, 0.3) is 5.91 Å². The Morgan fingerprint density at radius 2 is 2.03 bits per heavy atom. The number of hydrogen-bond acceptors (Lipinski definition) is 8. The maximum Gasteiger partial charge on any atom is 0.251 e. The standard InChI is InChI=1S/C18H16N6S.C5H9NO2/c1-12-9-14(24-23-12)10-20-18-19-8-7-15(22-18)16-11-25-17(21-16)13-5-3-2-4-6-13;1-6-3-2-4(7)5(6)8/h2-9,11H,10H2,1H3,(H,23,24)(H,19,20,22);4,7H,2-3H2,1H3. The minimum absolute atomic E-state index is 0.148. The first-order chi connectivity index (χ1) is 16.0. The molecule has 0 radical (unpaired) electrons. The summed E-state index contributed by atoms with van der Waals surface area (Å²) >= 11 is 1.61. The first-order valence-electron chi connectivity index (χ1n) is 10.5. The third-order valence-corrected chi connectivity index (χ3v) is 5.92. The quantitative estimate of drug-likeness (QED) is 0.416. The molecule has 5 rings (SSSR count). The molecule has 0 bridgehead atoms. The zero-order valence-corrected chi connectivity index (χ0v) is 19.2. The molecule has 1 aliphatic rings. The molecule has 33 heavy (non-hydrogen) atoms. The summed E-state index contributed by atoms with van der Waals surface area (Å²) < 4.78 is 0. The fourth-order valence-corrected chi connectivity index (χ4v) is 4.05. The molecule has 9 nitrogen and oxygen atoms in total. The van der Waals surface area contributed by atoms with E-state index in [-0.39, 0.29) is 5.91 Å². The normalized spacial score (nSPS) is 15.3. The smallest absolute Gasteiger partial charge is 0.251 e. The predicted molar refractivity (Wildman–Crippen MR) is 127 cm³/mol. The summed E-state index contributed by atoms with van der Waals surface area (Å²) in [5.41, 5.74) is 4.72. The number of benzene rings is 1. The van der Waals surface area contributed by atoms with Gasteiger partial charge in [0.2, 0.25) is 5.95 Å². The number of nitrogens with one attached hydrogen (secondary N) is 2. The number of carbonyl (C=O) groups is 1. The van der Waals surface area contributed by atoms with Gasteiger partial charge < -0.3 is 15.3 Å². The molecule has 0 aliphatic carbocycles. The SMILES string of the molecule is CN1CCC(O)C1=O.Cc1cc(CNc2nccc(-c3csc(-c4ccccc4)n3)n2)n[nH]1. The van der Waals surface area contributed by atoms with Crippen LogP contribution >= 0.6 is 11.3 Å². The van der Waals surface area contributed by atoms with Gasteiger partial charge in [-0.3, -0.25) is 9.89 Å². The highest BCUT2D eigenvalue weighted by Crippen LogP contribution is 2.28. The van der Waals surface area contributed by atoms with E-state index in [2.05, 4.69) is 37.6 Å². The number of anilines is 1. The van der Waals surface area contributed by atoms with E-state index >= 15 is 0 Å². The van der Waals surface area contributed by atoms with Gasteiger partial charge in [0.15, 0.2) is 0 Å². The highest BCUT2D eigenvalue weighted by Gasteiger charge is 2.26. The molecule has 1 saturated heterocycles. The highest BCUT2D eigenvalue weighted by atomic mass is 32.1. The van der Waals surface area contributed by atoms with Crippen molar-refractivity contribution < 1.29 is 9.90 Å². The van der Waals surface area contributed by atoms with Crippen molar-refractivity contribution in [2.75, 3.05) is 18.9 Å². The predicted octanol–water partition coefficient (Wildman–Crippen LogP) is 3.12. The lowest BCUT2D eigenvalue weighted by molar-refractivity contribution is -0.133. The van der Waals surface area contributed by atoms with Crippen LogP contribution in [0.25, 0.3) is 22.0 Å². The Hall–Kier alpha value is -3.63. The number of amides is 1. The van der Waals surface area contributed by atoms with Crippen LogP contribution in [-0.4, -0.2) is 60.8 Å². The fraction of sp³-hybridized carbons (Fsp3) is 0.261. The maximum atomic E-state index is 10.6. The van der Waals surface area contributed by atoms with Gasteiger partial charge in [0.05, 0.1) is 17.9 Å². The summed E-state index contributed by atoms with van der Waals surface area (Å²) in [7, 11) is 1.69. The number of carbonyl (C=O) groups excluding carboxylic acids is 1. The Morgan fingerprint density at radius 3 is 2.67 bits per heavy atom. The van der Waals surface area contributed by atoms with Crippen molar-refractivity contribution in [3.63, 3.8) is 0 Å². The lowest BCUT2D eigenvalue weighted by atomic mass is 10.2. The summed E-state index contributed by atoms with van der Waals surface area (Å²) in [6.45, 7) is 3.24. The van der Waals surface area contributed by atoms with Crippen LogP contribution in [-0.2, 0) is 11.3 Å². The number of aromatic nitrogens is 5. The first kappa shape index (κ1) is 22.6. The second-order valence-corrected chi connectivity index (χ2v) is 8.49. The van der Waals surface area contributed by atoms with E-state index < -0.39 is 6.10 Å². The average molecular weight is 464 g/mol. The van der Waals surface area contributed by atoms with Crippen molar-refractivity contribution >= 4 is 23.2 Å². The monoisotopic (exact) mass is 463 g/mol. The minimum atomic E-state index is -0.722. The van der Waals surface area contributed by atoms with Gasteiger partial charge in [0.1, 0.15) is 16.8 Å². The van der Waals surface area contributed by atoms with Gasteiger partial charge in [-0.05, 0) is 25.5 Å². The van der Waals surface area contributed by atoms with Crippen molar-refractivity contribution in [2.45, 2.75) is 26.0 Å². The zero-order valence-electron chi connectivity index (χ0n) is 18.4. The van der Waals surface area contributed by atoms with Crippen LogP contribution in [0.15, 0.2) is 54.0 Å². The Balaban J connectivity index is 0.000000275. The second kappa shape index (κ2) is 10.3. The Kier molecular flexibility index (Phi) is 7.06. The number of aliphatic hydroxyl groups excluding tert-OH is 1. The van der Waals surface area contributed by atoms with E-state index in [0.717, 1.165) is 33.3 Å². The van der Waals surface area contributed by atoms with E-state index in [1.807, 2.05) is 42.6 Å².